The van der Waals surface area contributed by atoms with Crippen LogP contribution in [0, 0.1) is 0 Å². The Bertz CT molecular complexity index is 308. The number of nitrogens with zero attached hydrogens (tertiary/aromatic N) is 1. The van der Waals surface area contributed by atoms with E-state index in [1.54, 1.807) is 0 Å². The lowest BCUT2D eigenvalue weighted by Crippen LogP contribution is -2.49. The van der Waals surface area contributed by atoms with E-state index in [2.05, 4.69) is 27.9 Å². The molecule has 0 fully saturated rings. The summed E-state index contributed by atoms with van der Waals surface area (Å²) in [6, 6.07) is 0.499. The summed E-state index contributed by atoms with van der Waals surface area (Å²) in [5.74, 6) is -0.706. The second-order valence-corrected chi connectivity index (χ2v) is 7.44. The van der Waals surface area contributed by atoms with Gasteiger partial charge in [-0.15, -0.1) is 0 Å². The molecule has 0 amide bonds. The van der Waals surface area contributed by atoms with E-state index in [1.165, 1.54) is 0 Å². The highest BCUT2D eigenvalue weighted by Crippen LogP contribution is 2.21. The number of hydrogen-bond donors (Lipinski definition) is 1. The minimum atomic E-state index is -0.706. The molecule has 3 nitrogen and oxygen atoms in total. The monoisotopic (exact) mass is 332 g/mol. The van der Waals surface area contributed by atoms with Crippen LogP contribution in [-0.4, -0.2) is 48.4 Å². The predicted molar refractivity (Wildman–Crippen MR) is 95.4 cm³/mol. The Morgan fingerprint density at radius 1 is 1.00 bits per heavy atom. The summed E-state index contributed by atoms with van der Waals surface area (Å²) in [4.78, 5) is 10.5. The maximum Gasteiger partial charge on any atom is 0.303 e. The Hall–Kier alpha value is -0.640. The Morgan fingerprint density at radius 3 is 2.26 bits per heavy atom. The zero-order valence-corrected chi connectivity index (χ0v) is 15.8. The predicted octanol–water partition coefficient (Wildman–Crippen LogP) is 5.19. The lowest BCUT2D eigenvalue weighted by atomic mass is 10.00. The van der Waals surface area contributed by atoms with Crippen molar-refractivity contribution in [3.63, 3.8) is 0 Å². The van der Waals surface area contributed by atoms with Gasteiger partial charge in [0.15, 0.2) is 0 Å². The molecule has 138 valence electrons. The van der Waals surface area contributed by atoms with E-state index in [0.29, 0.717) is 18.9 Å². The van der Waals surface area contributed by atoms with Gasteiger partial charge in [0.05, 0.1) is 26.7 Å². The highest BCUT2D eigenvalue weighted by Gasteiger charge is 2.26. The molecule has 2 atom stereocenters. The average molecular weight is 333 g/mol. The second kappa shape index (κ2) is 12.7. The Kier molecular flexibility index (Phi) is 12.4. The second-order valence-electron chi connectivity index (χ2n) is 7.44. The van der Waals surface area contributed by atoms with Crippen LogP contribution >= 0.6 is 0 Å². The third-order valence-corrected chi connectivity index (χ3v) is 5.02. The van der Waals surface area contributed by atoms with Crippen molar-refractivity contribution >= 4 is 5.97 Å². The first-order valence-corrected chi connectivity index (χ1v) is 9.52. The van der Waals surface area contributed by atoms with Gasteiger partial charge in [0.1, 0.15) is 6.17 Å². The summed E-state index contributed by atoms with van der Waals surface area (Å²) in [5.41, 5.74) is 0. The van der Waals surface area contributed by atoms with Crippen molar-refractivity contribution in [1.29, 1.82) is 0 Å². The number of carboxylic acid groups (broad SMARTS) is 1. The van der Waals surface area contributed by atoms with Crippen LogP contribution in [0.1, 0.15) is 84.5 Å². The first-order chi connectivity index (χ1) is 10.8. The van der Waals surface area contributed by atoms with Gasteiger partial charge in [-0.05, 0) is 38.5 Å². The number of carbonyl (C=O) groups is 1. The standard InChI is InChI=1S/C19H38FNO2/c1-5-7-9-12-17(20)14-15-18(6-2)21(3,4)16-11-8-10-13-19(22)23/h17-18H,5-16H2,1-4H3/p+1. The van der Waals surface area contributed by atoms with Crippen LogP contribution in [0.2, 0.25) is 0 Å². The molecule has 1 N–H and O–H groups in total. The zero-order valence-electron chi connectivity index (χ0n) is 15.8. The highest BCUT2D eigenvalue weighted by molar-refractivity contribution is 5.66. The van der Waals surface area contributed by atoms with E-state index >= 15 is 0 Å². The molecule has 0 saturated carbocycles. The van der Waals surface area contributed by atoms with E-state index in [9.17, 15) is 9.18 Å². The molecule has 0 aromatic carbocycles. The normalized spacial score (nSPS) is 14.7. The smallest absolute Gasteiger partial charge is 0.303 e. The van der Waals surface area contributed by atoms with Crippen LogP contribution in [0.25, 0.3) is 0 Å². The minimum absolute atomic E-state index is 0.270. The van der Waals surface area contributed by atoms with Crippen LogP contribution in [0.5, 0.6) is 0 Å². The lowest BCUT2D eigenvalue weighted by Gasteiger charge is -2.38. The third kappa shape index (κ3) is 11.5. The van der Waals surface area contributed by atoms with Gasteiger partial charge < -0.3 is 9.59 Å². The van der Waals surface area contributed by atoms with Gasteiger partial charge in [-0.25, -0.2) is 4.39 Å². The molecule has 0 bridgehead atoms. The van der Waals surface area contributed by atoms with Crippen LogP contribution < -0.4 is 0 Å². The summed E-state index contributed by atoms with van der Waals surface area (Å²) in [5, 5.41) is 8.66. The van der Waals surface area contributed by atoms with Crippen molar-refractivity contribution in [3.8, 4) is 0 Å². The average Bonchev–Trinajstić information content (AvgIpc) is 2.47. The summed E-state index contributed by atoms with van der Waals surface area (Å²) < 4.78 is 14.9. The zero-order chi connectivity index (χ0) is 17.7. The fourth-order valence-corrected chi connectivity index (χ4v) is 3.34. The van der Waals surface area contributed by atoms with Crippen molar-refractivity contribution in [2.24, 2.45) is 0 Å². The van der Waals surface area contributed by atoms with Crippen LogP contribution in [0.4, 0.5) is 4.39 Å². The number of halogens is 1. The SMILES string of the molecule is CCCCCC(F)CCC(CC)[N+](C)(C)CCCCCC(=O)O. The van der Waals surface area contributed by atoms with E-state index in [1.807, 2.05) is 0 Å². The van der Waals surface area contributed by atoms with Gasteiger partial charge >= 0.3 is 5.97 Å². The van der Waals surface area contributed by atoms with Crippen LogP contribution in [0.3, 0.4) is 0 Å². The first-order valence-electron chi connectivity index (χ1n) is 9.52. The topological polar surface area (TPSA) is 37.3 Å². The molecule has 0 aromatic heterocycles. The van der Waals surface area contributed by atoms with Crippen molar-refractivity contribution in [2.45, 2.75) is 96.7 Å². The number of quaternary nitrogens is 1. The maximum atomic E-state index is 14.0. The molecule has 0 rings (SSSR count). The molecule has 0 aliphatic carbocycles. The molecule has 0 heterocycles. The summed E-state index contributed by atoms with van der Waals surface area (Å²) in [6.45, 7) is 5.39. The van der Waals surface area contributed by atoms with Crippen molar-refractivity contribution < 1.29 is 18.8 Å². The van der Waals surface area contributed by atoms with E-state index in [4.69, 9.17) is 5.11 Å². The number of hydrogen-bond acceptors (Lipinski definition) is 1. The minimum Gasteiger partial charge on any atom is -0.481 e. The molecule has 0 radical (unpaired) electrons. The number of alkyl halides is 1. The van der Waals surface area contributed by atoms with Gasteiger partial charge in [0.25, 0.3) is 0 Å². The number of rotatable bonds is 15. The van der Waals surface area contributed by atoms with Gasteiger partial charge in [-0.3, -0.25) is 4.79 Å². The Balaban J connectivity index is 4.05. The fourth-order valence-electron chi connectivity index (χ4n) is 3.34. The van der Waals surface area contributed by atoms with Crippen LogP contribution in [0.15, 0.2) is 0 Å². The molecule has 0 aliphatic heterocycles. The van der Waals surface area contributed by atoms with E-state index < -0.39 is 12.1 Å². The maximum absolute atomic E-state index is 14.0. The van der Waals surface area contributed by atoms with Crippen molar-refractivity contribution in [2.75, 3.05) is 20.6 Å². The lowest BCUT2D eigenvalue weighted by molar-refractivity contribution is -0.915. The van der Waals surface area contributed by atoms with E-state index in [0.717, 1.165) is 62.4 Å². The molecular formula is C19H39FNO2+. The molecule has 0 aliphatic rings. The van der Waals surface area contributed by atoms with Crippen LogP contribution in [-0.2, 0) is 4.79 Å². The van der Waals surface area contributed by atoms with Gasteiger partial charge in [-0.2, -0.15) is 0 Å². The third-order valence-electron chi connectivity index (χ3n) is 5.02. The summed E-state index contributed by atoms with van der Waals surface area (Å²) >= 11 is 0. The van der Waals surface area contributed by atoms with Gasteiger partial charge in [-0.1, -0.05) is 33.1 Å². The first kappa shape index (κ1) is 22.4. The number of unbranched alkanes of at least 4 members (excludes halogenated alkanes) is 4. The molecule has 0 saturated heterocycles. The number of carboxylic acids is 1. The molecule has 4 heteroatoms. The van der Waals surface area contributed by atoms with Gasteiger partial charge in [0.2, 0.25) is 0 Å². The van der Waals surface area contributed by atoms with Gasteiger partial charge in [0, 0.05) is 12.8 Å². The van der Waals surface area contributed by atoms with E-state index in [-0.39, 0.29) is 6.42 Å². The van der Waals surface area contributed by atoms with Crippen molar-refractivity contribution in [3.05, 3.63) is 0 Å². The Morgan fingerprint density at radius 2 is 1.70 bits per heavy atom. The summed E-state index contributed by atoms with van der Waals surface area (Å²) in [6.07, 6.45) is 9.11. The Labute approximate surface area is 142 Å². The molecule has 0 spiro atoms. The highest BCUT2D eigenvalue weighted by atomic mass is 19.1. The quantitative estimate of drug-likeness (QED) is 0.331. The number of aliphatic carboxylic acids is 1. The fraction of sp³-hybridized carbons (Fsp3) is 0.947. The molecular weight excluding hydrogens is 293 g/mol. The molecule has 2 unspecified atom stereocenters. The van der Waals surface area contributed by atoms with Crippen molar-refractivity contribution in [1.82, 2.24) is 0 Å². The summed E-state index contributed by atoms with van der Waals surface area (Å²) in [7, 11) is 4.46. The largest absolute Gasteiger partial charge is 0.481 e. The molecule has 23 heavy (non-hydrogen) atoms. The molecule has 0 aromatic rings.